The number of ether oxygens (including phenoxy) is 1. The van der Waals surface area contributed by atoms with Gasteiger partial charge in [-0.1, -0.05) is 31.2 Å². The Morgan fingerprint density at radius 2 is 1.91 bits per heavy atom. The minimum absolute atomic E-state index is 0.0000868. The smallest absolute Gasteiger partial charge is 0.387 e. The van der Waals surface area contributed by atoms with Crippen molar-refractivity contribution < 1.29 is 27.9 Å². The third kappa shape index (κ3) is 6.10. The summed E-state index contributed by atoms with van der Waals surface area (Å²) in [6.45, 7) is -0.762. The molecule has 0 aromatic heterocycles. The molecule has 3 rings (SSSR count). The number of nitrogens with zero attached hydrogens (tertiary/aromatic N) is 1. The molecule has 6 nitrogen and oxygen atoms in total. The average Bonchev–Trinajstić information content (AvgIpc) is 3.02. The number of nitrogens with one attached hydrogen (secondary N) is 1. The first-order valence-corrected chi connectivity index (χ1v) is 11.5. The van der Waals surface area contributed by atoms with Crippen molar-refractivity contribution in [1.82, 2.24) is 10.2 Å². The number of thioether (sulfide) groups is 2. The molecule has 10 heteroatoms. The lowest BCUT2D eigenvalue weighted by Crippen LogP contribution is -2.37. The van der Waals surface area contributed by atoms with Gasteiger partial charge >= 0.3 is 6.61 Å². The van der Waals surface area contributed by atoms with Gasteiger partial charge in [-0.05, 0) is 53.4 Å². The van der Waals surface area contributed by atoms with E-state index in [1.54, 1.807) is 23.9 Å². The molecule has 1 saturated heterocycles. The Morgan fingerprint density at radius 1 is 1.19 bits per heavy atom. The van der Waals surface area contributed by atoms with Crippen molar-refractivity contribution >= 4 is 46.7 Å². The lowest BCUT2D eigenvalue weighted by Gasteiger charge is -2.14. The summed E-state index contributed by atoms with van der Waals surface area (Å²) in [6, 6.07) is 13.0. The highest BCUT2D eigenvalue weighted by Gasteiger charge is 2.34. The number of amides is 3. The van der Waals surface area contributed by atoms with E-state index in [4.69, 9.17) is 0 Å². The molecule has 0 spiro atoms. The number of alkyl halides is 2. The van der Waals surface area contributed by atoms with Gasteiger partial charge in [0, 0.05) is 18.0 Å². The van der Waals surface area contributed by atoms with Crippen LogP contribution in [0.2, 0.25) is 0 Å². The Hall–Kier alpha value is -2.85. The molecule has 32 heavy (non-hydrogen) atoms. The summed E-state index contributed by atoms with van der Waals surface area (Å²) in [5.41, 5.74) is 1.11. The van der Waals surface area contributed by atoms with Crippen LogP contribution in [0.15, 0.2) is 58.3 Å². The number of benzene rings is 2. The van der Waals surface area contributed by atoms with Crippen molar-refractivity contribution in [3.63, 3.8) is 0 Å². The van der Waals surface area contributed by atoms with E-state index in [0.717, 1.165) is 27.3 Å². The molecular weight excluding hydrogens is 458 g/mol. The van der Waals surface area contributed by atoms with Gasteiger partial charge in [-0.25, -0.2) is 0 Å². The molecular formula is C22H20F2N2O4S2. The van der Waals surface area contributed by atoms with Gasteiger partial charge in [0.1, 0.15) is 5.75 Å². The fourth-order valence-electron chi connectivity index (χ4n) is 2.90. The van der Waals surface area contributed by atoms with Crippen LogP contribution in [0, 0.1) is 0 Å². The van der Waals surface area contributed by atoms with E-state index in [2.05, 4.69) is 10.1 Å². The zero-order chi connectivity index (χ0) is 23.1. The third-order valence-electron chi connectivity index (χ3n) is 4.33. The fraction of sp³-hybridized carbons (Fsp3) is 0.227. The first kappa shape index (κ1) is 23.8. The van der Waals surface area contributed by atoms with Gasteiger partial charge in [-0.2, -0.15) is 8.78 Å². The zero-order valence-electron chi connectivity index (χ0n) is 17.0. The van der Waals surface area contributed by atoms with Crippen molar-refractivity contribution in [2.75, 3.05) is 18.8 Å². The summed E-state index contributed by atoms with van der Waals surface area (Å²) in [7, 11) is 0. The van der Waals surface area contributed by atoms with Crippen LogP contribution in [0.3, 0.4) is 0 Å². The molecule has 1 heterocycles. The van der Waals surface area contributed by atoms with E-state index in [9.17, 15) is 23.2 Å². The minimum Gasteiger partial charge on any atom is -0.435 e. The maximum atomic E-state index is 12.6. The van der Waals surface area contributed by atoms with E-state index in [-0.39, 0.29) is 29.7 Å². The average molecular weight is 479 g/mol. The van der Waals surface area contributed by atoms with E-state index >= 15 is 0 Å². The van der Waals surface area contributed by atoms with Crippen molar-refractivity contribution in [1.29, 1.82) is 0 Å². The molecule has 168 valence electrons. The van der Waals surface area contributed by atoms with Crippen LogP contribution >= 0.6 is 23.5 Å². The summed E-state index contributed by atoms with van der Waals surface area (Å²) < 4.78 is 28.8. The number of hydrogen-bond acceptors (Lipinski definition) is 6. The fourth-order valence-corrected chi connectivity index (χ4v) is 4.57. The van der Waals surface area contributed by atoms with Crippen LogP contribution in [0.4, 0.5) is 13.6 Å². The molecule has 2 aromatic rings. The van der Waals surface area contributed by atoms with Gasteiger partial charge in [-0.3, -0.25) is 19.3 Å². The monoisotopic (exact) mass is 478 g/mol. The number of rotatable bonds is 9. The second kappa shape index (κ2) is 11.1. The molecule has 1 N–H and O–H groups in total. The number of hydrogen-bond donors (Lipinski definition) is 1. The van der Waals surface area contributed by atoms with Crippen LogP contribution in [0.5, 0.6) is 5.75 Å². The highest BCUT2D eigenvalue weighted by atomic mass is 32.2. The first-order chi connectivity index (χ1) is 15.4. The van der Waals surface area contributed by atoms with Crippen LogP contribution in [0.25, 0.3) is 6.08 Å². The summed E-state index contributed by atoms with van der Waals surface area (Å²) in [5, 5.41) is 2.31. The number of imide groups is 1. The summed E-state index contributed by atoms with van der Waals surface area (Å²) in [6.07, 6.45) is 1.51. The molecule has 0 saturated carbocycles. The maximum absolute atomic E-state index is 12.6. The molecule has 0 aliphatic carbocycles. The molecule has 0 unspecified atom stereocenters. The van der Waals surface area contributed by atoms with E-state index in [0.29, 0.717) is 11.1 Å². The Bertz CT molecular complexity index is 1030. The summed E-state index contributed by atoms with van der Waals surface area (Å²) >= 11 is 2.35. The quantitative estimate of drug-likeness (QED) is 0.410. The lowest BCUT2D eigenvalue weighted by atomic mass is 10.2. The second-order valence-electron chi connectivity index (χ2n) is 6.47. The predicted molar refractivity (Wildman–Crippen MR) is 121 cm³/mol. The van der Waals surface area contributed by atoms with Gasteiger partial charge in [0.25, 0.3) is 17.1 Å². The van der Waals surface area contributed by atoms with Crippen LogP contribution in [-0.2, 0) is 4.79 Å². The lowest BCUT2D eigenvalue weighted by molar-refractivity contribution is -0.122. The SMILES string of the molecule is CCSc1ccccc1C(=O)NCCN1C(=O)S/C(=C\c2ccc(OC(F)F)cc2)C1=O. The number of carbonyl (C=O) groups is 3. The van der Waals surface area contributed by atoms with Gasteiger partial charge in [-0.15, -0.1) is 11.8 Å². The van der Waals surface area contributed by atoms with E-state index in [1.165, 1.54) is 30.3 Å². The maximum Gasteiger partial charge on any atom is 0.387 e. The summed E-state index contributed by atoms with van der Waals surface area (Å²) in [5.74, 6) is 0.0919. The third-order valence-corrected chi connectivity index (χ3v) is 6.19. The first-order valence-electron chi connectivity index (χ1n) is 9.69. The Kier molecular flexibility index (Phi) is 8.29. The highest BCUT2D eigenvalue weighted by molar-refractivity contribution is 8.18. The zero-order valence-corrected chi connectivity index (χ0v) is 18.7. The van der Waals surface area contributed by atoms with Gasteiger partial charge in [0.15, 0.2) is 0 Å². The van der Waals surface area contributed by atoms with Crippen molar-refractivity contribution in [2.24, 2.45) is 0 Å². The summed E-state index contributed by atoms with van der Waals surface area (Å²) in [4.78, 5) is 39.5. The van der Waals surface area contributed by atoms with Gasteiger partial charge < -0.3 is 10.1 Å². The molecule has 3 amide bonds. The molecule has 1 fully saturated rings. The molecule has 2 aromatic carbocycles. The van der Waals surface area contributed by atoms with Crippen LogP contribution in [0.1, 0.15) is 22.8 Å². The topological polar surface area (TPSA) is 75.7 Å². The molecule has 0 bridgehead atoms. The molecule has 1 aliphatic heterocycles. The van der Waals surface area contributed by atoms with E-state index < -0.39 is 17.8 Å². The van der Waals surface area contributed by atoms with Crippen LogP contribution < -0.4 is 10.1 Å². The molecule has 0 atom stereocenters. The van der Waals surface area contributed by atoms with Crippen molar-refractivity contribution in [3.05, 3.63) is 64.6 Å². The predicted octanol–water partition coefficient (Wildman–Crippen LogP) is 4.87. The second-order valence-corrected chi connectivity index (χ2v) is 8.77. The van der Waals surface area contributed by atoms with Crippen molar-refractivity contribution in [2.45, 2.75) is 18.4 Å². The normalized spacial score (nSPS) is 15.0. The Labute approximate surface area is 192 Å². The largest absolute Gasteiger partial charge is 0.435 e. The number of carbonyl (C=O) groups excluding carboxylic acids is 3. The molecule has 0 radical (unpaired) electrons. The van der Waals surface area contributed by atoms with Crippen LogP contribution in [-0.4, -0.2) is 47.4 Å². The Balaban J connectivity index is 1.58. The van der Waals surface area contributed by atoms with E-state index in [1.807, 2.05) is 19.1 Å². The highest BCUT2D eigenvalue weighted by Crippen LogP contribution is 2.32. The van der Waals surface area contributed by atoms with Crippen molar-refractivity contribution in [3.8, 4) is 5.75 Å². The van der Waals surface area contributed by atoms with Gasteiger partial charge in [0.05, 0.1) is 10.5 Å². The standard InChI is InChI=1S/C22H20F2N2O4S2/c1-2-31-17-6-4-3-5-16(17)19(27)25-11-12-26-20(28)18(32-22(26)29)13-14-7-9-15(10-8-14)30-21(23)24/h3-10,13,21H,2,11-12H2,1H3,(H,25,27)/b18-13-. The van der Waals surface area contributed by atoms with Gasteiger partial charge in [0.2, 0.25) is 0 Å². The number of halogens is 2. The molecule has 1 aliphatic rings. The minimum atomic E-state index is -2.92. The Morgan fingerprint density at radius 3 is 2.59 bits per heavy atom.